The predicted molar refractivity (Wildman–Crippen MR) is 122 cm³/mol. The fraction of sp³-hybridized carbons (Fsp3) is 0.185. The third kappa shape index (κ3) is 3.94. The lowest BCUT2D eigenvalue weighted by atomic mass is 9.89. The topological polar surface area (TPSA) is 68.1 Å². The zero-order valence-electron chi connectivity index (χ0n) is 18.2. The number of allylic oxidation sites excluding steroid dienone is 1. The van der Waals surface area contributed by atoms with E-state index in [0.29, 0.717) is 64.7 Å². The molecule has 2 aliphatic rings. The van der Waals surface area contributed by atoms with E-state index in [1.54, 1.807) is 30.3 Å². The molecular weight excluding hydrogens is 440 g/mol. The van der Waals surface area contributed by atoms with Gasteiger partial charge >= 0.3 is 0 Å². The smallest absolute Gasteiger partial charge is 0.167 e. The molecular formula is C27H21F2NO4. The number of oxime groups is 1. The molecule has 1 N–H and O–H groups in total. The van der Waals surface area contributed by atoms with Crippen LogP contribution in [0.5, 0.6) is 11.5 Å². The minimum absolute atomic E-state index is 0.0473. The van der Waals surface area contributed by atoms with Crippen LogP contribution >= 0.6 is 0 Å². The van der Waals surface area contributed by atoms with Crippen molar-refractivity contribution in [2.24, 2.45) is 5.16 Å². The first kappa shape index (κ1) is 21.8. The second-order valence-electron chi connectivity index (χ2n) is 8.35. The summed E-state index contributed by atoms with van der Waals surface area (Å²) in [6, 6.07) is 13.7. The van der Waals surface area contributed by atoms with E-state index in [1.807, 2.05) is 0 Å². The molecule has 1 unspecified atom stereocenters. The summed E-state index contributed by atoms with van der Waals surface area (Å²) in [6.07, 6.45) is 0.363. The molecule has 0 fully saturated rings. The van der Waals surface area contributed by atoms with E-state index in [0.717, 1.165) is 5.56 Å². The highest BCUT2D eigenvalue weighted by Crippen LogP contribution is 2.43. The van der Waals surface area contributed by atoms with E-state index >= 15 is 0 Å². The second-order valence-corrected chi connectivity index (χ2v) is 8.35. The number of carbonyl (C=O) groups excluding carboxylic acids is 1. The minimum Gasteiger partial charge on any atom is -0.486 e. The van der Waals surface area contributed by atoms with Crippen LogP contribution in [0.25, 0.3) is 0 Å². The number of ether oxygens (including phenoxy) is 2. The van der Waals surface area contributed by atoms with E-state index in [9.17, 15) is 18.8 Å². The van der Waals surface area contributed by atoms with Gasteiger partial charge in [0.15, 0.2) is 17.3 Å². The summed E-state index contributed by atoms with van der Waals surface area (Å²) in [5.41, 5.74) is 3.91. The molecule has 0 spiro atoms. The Bertz CT molecular complexity index is 1350. The highest BCUT2D eigenvalue weighted by atomic mass is 19.1. The quantitative estimate of drug-likeness (QED) is 0.321. The van der Waals surface area contributed by atoms with Crippen LogP contribution in [0, 0.1) is 11.6 Å². The standard InChI is InChI=1S/C27H21F2NO4/c1-15-22(13-18-11-20(29)14-25-27(18)34-8-7-33-25)23-12-17(5-6-21(23)26(15)30-32)24(31)10-16-3-2-4-19(28)9-16/h2-6,9,11-12,14,22,32H,1,7-8,10,13H2/b30-26+. The van der Waals surface area contributed by atoms with E-state index in [1.165, 1.54) is 24.3 Å². The van der Waals surface area contributed by atoms with Crippen LogP contribution in [0.15, 0.2) is 71.9 Å². The summed E-state index contributed by atoms with van der Waals surface area (Å²) in [4.78, 5) is 12.9. The maximum absolute atomic E-state index is 14.3. The Morgan fingerprint density at radius 1 is 1.06 bits per heavy atom. The molecule has 1 aliphatic heterocycles. The summed E-state index contributed by atoms with van der Waals surface area (Å²) in [5, 5.41) is 13.0. The molecule has 3 aromatic rings. The number of carbonyl (C=O) groups is 1. The second kappa shape index (κ2) is 8.74. The van der Waals surface area contributed by atoms with Gasteiger partial charge in [-0.2, -0.15) is 0 Å². The number of fused-ring (bicyclic) bond motifs is 2. The van der Waals surface area contributed by atoms with Gasteiger partial charge in [-0.1, -0.05) is 36.0 Å². The van der Waals surface area contributed by atoms with Crippen LogP contribution < -0.4 is 9.47 Å². The molecule has 0 aromatic heterocycles. The van der Waals surface area contributed by atoms with Crippen molar-refractivity contribution in [3.63, 3.8) is 0 Å². The fourth-order valence-corrected chi connectivity index (χ4v) is 4.61. The van der Waals surface area contributed by atoms with Crippen molar-refractivity contribution in [2.45, 2.75) is 18.8 Å². The number of nitrogens with zero attached hydrogens (tertiary/aromatic N) is 1. The largest absolute Gasteiger partial charge is 0.486 e. The Kier molecular flexibility index (Phi) is 5.61. The van der Waals surface area contributed by atoms with Gasteiger partial charge in [0, 0.05) is 35.1 Å². The maximum atomic E-state index is 14.3. The number of ketones is 1. The van der Waals surface area contributed by atoms with Crippen molar-refractivity contribution in [1.29, 1.82) is 0 Å². The number of hydrogen-bond donors (Lipinski definition) is 1. The van der Waals surface area contributed by atoms with Gasteiger partial charge in [0.1, 0.15) is 30.6 Å². The molecule has 0 saturated carbocycles. The SMILES string of the molecule is C=C1/C(=N\O)c2ccc(C(=O)Cc3cccc(F)c3)cc2C1Cc1cc(F)cc2c1OCCO2. The Labute approximate surface area is 194 Å². The van der Waals surface area contributed by atoms with E-state index in [2.05, 4.69) is 11.7 Å². The highest BCUT2D eigenvalue weighted by Gasteiger charge is 2.34. The molecule has 1 heterocycles. The third-order valence-corrected chi connectivity index (χ3v) is 6.19. The van der Waals surface area contributed by atoms with Crippen molar-refractivity contribution in [3.05, 3.63) is 106 Å². The zero-order valence-corrected chi connectivity index (χ0v) is 18.2. The molecule has 0 radical (unpaired) electrons. The summed E-state index contributed by atoms with van der Waals surface area (Å²) in [5.74, 6) is -0.552. The molecule has 0 amide bonds. The van der Waals surface area contributed by atoms with E-state index in [4.69, 9.17) is 9.47 Å². The molecule has 5 nitrogen and oxygen atoms in total. The first-order chi connectivity index (χ1) is 16.4. The molecule has 34 heavy (non-hydrogen) atoms. The molecule has 0 bridgehead atoms. The van der Waals surface area contributed by atoms with E-state index in [-0.39, 0.29) is 18.1 Å². The lowest BCUT2D eigenvalue weighted by Gasteiger charge is -2.23. The molecule has 172 valence electrons. The van der Waals surface area contributed by atoms with Crippen molar-refractivity contribution >= 4 is 11.5 Å². The normalized spacial score (nSPS) is 17.6. The van der Waals surface area contributed by atoms with Crippen LogP contribution in [0.3, 0.4) is 0 Å². The molecule has 1 atom stereocenters. The number of halogens is 2. The van der Waals surface area contributed by atoms with Crippen LogP contribution in [-0.4, -0.2) is 29.9 Å². The van der Waals surface area contributed by atoms with Gasteiger partial charge in [0.2, 0.25) is 0 Å². The summed E-state index contributed by atoms with van der Waals surface area (Å²) < 4.78 is 39.1. The number of rotatable bonds is 5. The van der Waals surface area contributed by atoms with Gasteiger partial charge in [0.05, 0.1) is 0 Å². The summed E-state index contributed by atoms with van der Waals surface area (Å²) in [6.45, 7) is 4.80. The van der Waals surface area contributed by atoms with Crippen molar-refractivity contribution in [2.75, 3.05) is 13.2 Å². The fourth-order valence-electron chi connectivity index (χ4n) is 4.61. The van der Waals surface area contributed by atoms with Gasteiger partial charge < -0.3 is 14.7 Å². The molecule has 5 rings (SSSR count). The molecule has 1 aliphatic carbocycles. The van der Waals surface area contributed by atoms with Crippen LogP contribution in [0.2, 0.25) is 0 Å². The summed E-state index contributed by atoms with van der Waals surface area (Å²) in [7, 11) is 0. The van der Waals surface area contributed by atoms with Gasteiger partial charge in [-0.25, -0.2) is 8.78 Å². The average molecular weight is 461 g/mol. The van der Waals surface area contributed by atoms with Gasteiger partial charge in [-0.3, -0.25) is 4.79 Å². The average Bonchev–Trinajstić information content (AvgIpc) is 3.08. The third-order valence-electron chi connectivity index (χ3n) is 6.19. The summed E-state index contributed by atoms with van der Waals surface area (Å²) >= 11 is 0. The van der Waals surface area contributed by atoms with Gasteiger partial charge in [0.25, 0.3) is 0 Å². The molecule has 0 saturated heterocycles. The lowest BCUT2D eigenvalue weighted by Crippen LogP contribution is -2.17. The number of benzene rings is 3. The monoisotopic (exact) mass is 461 g/mol. The first-order valence-electron chi connectivity index (χ1n) is 10.9. The van der Waals surface area contributed by atoms with Crippen molar-refractivity contribution in [1.82, 2.24) is 0 Å². The Morgan fingerprint density at radius 2 is 1.88 bits per heavy atom. The molecule has 7 heteroatoms. The Hall–Kier alpha value is -4.00. The van der Waals surface area contributed by atoms with Crippen molar-refractivity contribution < 1.29 is 28.3 Å². The predicted octanol–water partition coefficient (Wildman–Crippen LogP) is 5.24. The first-order valence-corrected chi connectivity index (χ1v) is 10.9. The van der Waals surface area contributed by atoms with Gasteiger partial charge in [-0.15, -0.1) is 0 Å². The lowest BCUT2D eigenvalue weighted by molar-refractivity contribution is 0.0993. The van der Waals surface area contributed by atoms with Crippen LogP contribution in [0.1, 0.15) is 38.5 Å². The Morgan fingerprint density at radius 3 is 2.68 bits per heavy atom. The van der Waals surface area contributed by atoms with Gasteiger partial charge in [-0.05, 0) is 47.4 Å². The Balaban J connectivity index is 1.50. The van der Waals surface area contributed by atoms with Crippen LogP contribution in [0.4, 0.5) is 8.78 Å². The zero-order chi connectivity index (χ0) is 23.8. The van der Waals surface area contributed by atoms with E-state index < -0.39 is 11.6 Å². The molecule has 3 aromatic carbocycles. The number of hydrogen-bond acceptors (Lipinski definition) is 5. The van der Waals surface area contributed by atoms with Crippen LogP contribution in [-0.2, 0) is 12.8 Å². The number of Topliss-reactive ketones (excluding diaryl/α,β-unsaturated/α-hetero) is 1. The maximum Gasteiger partial charge on any atom is 0.167 e. The highest BCUT2D eigenvalue weighted by molar-refractivity contribution is 6.17. The van der Waals surface area contributed by atoms with Crippen molar-refractivity contribution in [3.8, 4) is 11.5 Å². The minimum atomic E-state index is -0.446.